The molecule has 0 saturated heterocycles. The highest BCUT2D eigenvalue weighted by atomic mass is 19.1. The number of pyridine rings is 1. The minimum atomic E-state index is -0.350. The third-order valence-corrected chi connectivity index (χ3v) is 3.00. The van der Waals surface area contributed by atoms with Crippen LogP contribution in [0, 0.1) is 5.82 Å². The summed E-state index contributed by atoms with van der Waals surface area (Å²) in [6.45, 7) is 4.03. The second-order valence-electron chi connectivity index (χ2n) is 4.46. The maximum Gasteiger partial charge on any atom is 0.141 e. The lowest BCUT2D eigenvalue weighted by molar-refractivity contribution is 0.158. The first kappa shape index (κ1) is 12.1. The van der Waals surface area contributed by atoms with Crippen molar-refractivity contribution in [2.45, 2.75) is 25.4 Å². The van der Waals surface area contributed by atoms with Gasteiger partial charge in [-0.25, -0.2) is 4.39 Å². The Morgan fingerprint density at radius 2 is 2.00 bits per heavy atom. The molecule has 0 radical (unpaired) electrons. The summed E-state index contributed by atoms with van der Waals surface area (Å²) in [5, 5.41) is 0. The standard InChI is InChI=1S/C11H18FN3/c1-11(2,15(3)4)10(13)8-5-9(12)7-14-6-8/h5-7,10H,13H2,1-4H3. The van der Waals surface area contributed by atoms with Crippen molar-refractivity contribution in [3.63, 3.8) is 0 Å². The van der Waals surface area contributed by atoms with Gasteiger partial charge in [0.2, 0.25) is 0 Å². The molecule has 0 saturated carbocycles. The minimum absolute atomic E-state index is 0.241. The molecule has 0 fully saturated rings. The summed E-state index contributed by atoms with van der Waals surface area (Å²) >= 11 is 0. The molecule has 15 heavy (non-hydrogen) atoms. The fraction of sp³-hybridized carbons (Fsp3) is 0.545. The van der Waals surface area contributed by atoms with Crippen LogP contribution in [0.2, 0.25) is 0 Å². The maximum atomic E-state index is 13.0. The van der Waals surface area contributed by atoms with E-state index in [1.54, 1.807) is 6.20 Å². The molecule has 84 valence electrons. The summed E-state index contributed by atoms with van der Waals surface area (Å²) in [5.74, 6) is -0.350. The number of nitrogens with two attached hydrogens (primary N) is 1. The summed E-state index contributed by atoms with van der Waals surface area (Å²) in [5.41, 5.74) is 6.57. The monoisotopic (exact) mass is 211 g/mol. The van der Waals surface area contributed by atoms with E-state index in [-0.39, 0.29) is 17.4 Å². The van der Waals surface area contributed by atoms with E-state index in [0.29, 0.717) is 5.56 Å². The number of hydrogen-bond acceptors (Lipinski definition) is 3. The summed E-state index contributed by atoms with van der Waals surface area (Å²) < 4.78 is 13.0. The molecular weight excluding hydrogens is 193 g/mol. The molecule has 1 heterocycles. The zero-order chi connectivity index (χ0) is 11.6. The van der Waals surface area contributed by atoms with Gasteiger partial charge in [0.05, 0.1) is 6.20 Å². The van der Waals surface area contributed by atoms with Crippen LogP contribution in [0.4, 0.5) is 4.39 Å². The molecule has 1 atom stereocenters. The van der Waals surface area contributed by atoms with Crippen LogP contribution in [0.5, 0.6) is 0 Å². The van der Waals surface area contributed by atoms with Crippen molar-refractivity contribution in [2.75, 3.05) is 14.1 Å². The second kappa shape index (κ2) is 4.24. The van der Waals surface area contributed by atoms with Crippen molar-refractivity contribution in [2.24, 2.45) is 5.73 Å². The topological polar surface area (TPSA) is 42.1 Å². The first-order chi connectivity index (χ1) is 6.85. The van der Waals surface area contributed by atoms with Gasteiger partial charge in [-0.1, -0.05) is 0 Å². The molecule has 0 aliphatic heterocycles. The van der Waals surface area contributed by atoms with E-state index in [1.807, 2.05) is 32.8 Å². The van der Waals surface area contributed by atoms with Crippen molar-refractivity contribution in [1.82, 2.24) is 9.88 Å². The zero-order valence-corrected chi connectivity index (χ0v) is 9.66. The molecule has 0 spiro atoms. The van der Waals surface area contributed by atoms with Gasteiger partial charge in [-0.2, -0.15) is 0 Å². The Morgan fingerprint density at radius 3 is 2.47 bits per heavy atom. The van der Waals surface area contributed by atoms with Gasteiger partial charge < -0.3 is 10.6 Å². The zero-order valence-electron chi connectivity index (χ0n) is 9.66. The molecule has 0 aliphatic rings. The fourth-order valence-electron chi connectivity index (χ4n) is 1.28. The molecule has 2 N–H and O–H groups in total. The van der Waals surface area contributed by atoms with E-state index in [2.05, 4.69) is 4.98 Å². The Hall–Kier alpha value is -1.00. The predicted octanol–water partition coefficient (Wildman–Crippen LogP) is 1.56. The van der Waals surface area contributed by atoms with Gasteiger partial charge in [-0.3, -0.25) is 4.98 Å². The number of aromatic nitrogens is 1. The first-order valence-corrected chi connectivity index (χ1v) is 4.89. The Morgan fingerprint density at radius 1 is 1.40 bits per heavy atom. The van der Waals surface area contributed by atoms with Crippen LogP contribution in [0.15, 0.2) is 18.5 Å². The quantitative estimate of drug-likeness (QED) is 0.825. The van der Waals surface area contributed by atoms with E-state index in [0.717, 1.165) is 0 Å². The Balaban J connectivity index is 2.99. The van der Waals surface area contributed by atoms with Gasteiger partial charge in [-0.15, -0.1) is 0 Å². The van der Waals surface area contributed by atoms with Crippen LogP contribution >= 0.6 is 0 Å². The van der Waals surface area contributed by atoms with Gasteiger partial charge in [0, 0.05) is 17.8 Å². The molecule has 1 aromatic rings. The van der Waals surface area contributed by atoms with E-state index in [9.17, 15) is 4.39 Å². The molecular formula is C11H18FN3. The summed E-state index contributed by atoms with van der Waals surface area (Å²) in [6, 6.07) is 1.17. The number of nitrogens with zero attached hydrogens (tertiary/aromatic N) is 2. The van der Waals surface area contributed by atoms with Crippen LogP contribution in [0.1, 0.15) is 25.5 Å². The smallest absolute Gasteiger partial charge is 0.141 e. The first-order valence-electron chi connectivity index (χ1n) is 4.89. The summed E-state index contributed by atoms with van der Waals surface area (Å²) in [6.07, 6.45) is 2.79. The van der Waals surface area contributed by atoms with Gasteiger partial charge in [0.25, 0.3) is 0 Å². The van der Waals surface area contributed by atoms with Crippen LogP contribution in [-0.2, 0) is 0 Å². The van der Waals surface area contributed by atoms with Crippen molar-refractivity contribution in [3.05, 3.63) is 29.8 Å². The number of hydrogen-bond donors (Lipinski definition) is 1. The fourth-order valence-corrected chi connectivity index (χ4v) is 1.28. The third kappa shape index (κ3) is 2.52. The van der Waals surface area contributed by atoms with Gasteiger partial charge in [0.15, 0.2) is 0 Å². The van der Waals surface area contributed by atoms with E-state index >= 15 is 0 Å². The minimum Gasteiger partial charge on any atom is -0.322 e. The van der Waals surface area contributed by atoms with Crippen molar-refractivity contribution < 1.29 is 4.39 Å². The number of likely N-dealkylation sites (N-methyl/N-ethyl adjacent to an activating group) is 1. The molecule has 1 unspecified atom stereocenters. The lowest BCUT2D eigenvalue weighted by atomic mass is 9.89. The normalized spacial score (nSPS) is 14.3. The molecule has 0 bridgehead atoms. The highest BCUT2D eigenvalue weighted by molar-refractivity contribution is 5.18. The number of rotatable bonds is 3. The van der Waals surface area contributed by atoms with Crippen molar-refractivity contribution >= 4 is 0 Å². The molecule has 0 aromatic carbocycles. The second-order valence-corrected chi connectivity index (χ2v) is 4.46. The number of halogens is 1. The highest BCUT2D eigenvalue weighted by Gasteiger charge is 2.30. The molecule has 1 rings (SSSR count). The largest absolute Gasteiger partial charge is 0.322 e. The Labute approximate surface area is 90.1 Å². The van der Waals surface area contributed by atoms with E-state index in [1.165, 1.54) is 12.3 Å². The third-order valence-electron chi connectivity index (χ3n) is 3.00. The van der Waals surface area contributed by atoms with Crippen molar-refractivity contribution in [3.8, 4) is 0 Å². The average molecular weight is 211 g/mol. The van der Waals surface area contributed by atoms with E-state index < -0.39 is 0 Å². The van der Waals surface area contributed by atoms with Gasteiger partial charge in [0.1, 0.15) is 5.82 Å². The average Bonchev–Trinajstić information content (AvgIpc) is 2.16. The molecule has 3 nitrogen and oxygen atoms in total. The maximum absolute atomic E-state index is 13.0. The van der Waals surface area contributed by atoms with E-state index in [4.69, 9.17) is 5.73 Å². The molecule has 1 aromatic heterocycles. The van der Waals surface area contributed by atoms with Gasteiger partial charge >= 0.3 is 0 Å². The van der Waals surface area contributed by atoms with Crippen LogP contribution in [0.3, 0.4) is 0 Å². The molecule has 4 heteroatoms. The Bertz CT molecular complexity index is 336. The molecule has 0 amide bonds. The lowest BCUT2D eigenvalue weighted by Crippen LogP contribution is -2.47. The predicted molar refractivity (Wildman–Crippen MR) is 58.9 cm³/mol. The SMILES string of the molecule is CN(C)C(C)(C)C(N)c1cncc(F)c1. The highest BCUT2D eigenvalue weighted by Crippen LogP contribution is 2.26. The Kier molecular flexibility index (Phi) is 3.42. The van der Waals surface area contributed by atoms with Gasteiger partial charge in [-0.05, 0) is 39.6 Å². The van der Waals surface area contributed by atoms with Crippen LogP contribution < -0.4 is 5.73 Å². The summed E-state index contributed by atoms with van der Waals surface area (Å²) in [4.78, 5) is 5.82. The van der Waals surface area contributed by atoms with Crippen molar-refractivity contribution in [1.29, 1.82) is 0 Å². The summed E-state index contributed by atoms with van der Waals surface area (Å²) in [7, 11) is 3.90. The van der Waals surface area contributed by atoms with Crippen LogP contribution in [0.25, 0.3) is 0 Å². The lowest BCUT2D eigenvalue weighted by Gasteiger charge is -2.38. The molecule has 0 aliphatic carbocycles. The van der Waals surface area contributed by atoms with Crippen LogP contribution in [-0.4, -0.2) is 29.5 Å².